The quantitative estimate of drug-likeness (QED) is 0.320. The van der Waals surface area contributed by atoms with Crippen LogP contribution in [-0.4, -0.2) is 5.97 Å². The number of nitrogens with zero attached hydrogens (tertiary/aromatic N) is 1. The Kier molecular flexibility index (Phi) is 3.49. The summed E-state index contributed by atoms with van der Waals surface area (Å²) >= 11 is 0. The highest BCUT2D eigenvalue weighted by atomic mass is 16.5. The highest BCUT2D eigenvalue weighted by Crippen LogP contribution is 2.21. The van der Waals surface area contributed by atoms with Gasteiger partial charge < -0.3 is 9.15 Å². The Bertz CT molecular complexity index is 915. The molecule has 0 atom stereocenters. The highest BCUT2D eigenvalue weighted by molar-refractivity contribution is 5.94. The average Bonchev–Trinajstić information content (AvgIpc) is 2.54. The van der Waals surface area contributed by atoms with Crippen LogP contribution >= 0.6 is 0 Å². The van der Waals surface area contributed by atoms with Gasteiger partial charge in [0.2, 0.25) is 0 Å². The number of rotatable bonds is 3. The van der Waals surface area contributed by atoms with Crippen molar-refractivity contribution in [2.24, 2.45) is 5.18 Å². The Morgan fingerprint density at radius 1 is 1.05 bits per heavy atom. The fraction of sp³-hybridized carbons (Fsp3) is 0. The molecule has 0 saturated heterocycles. The maximum Gasteiger partial charge on any atom is 0.351 e. The fourth-order valence-corrected chi connectivity index (χ4v) is 1.96. The summed E-state index contributed by atoms with van der Waals surface area (Å²) in [5.74, 6) is -0.512. The van der Waals surface area contributed by atoms with Gasteiger partial charge in [0, 0.05) is 5.39 Å². The van der Waals surface area contributed by atoms with E-state index in [0.29, 0.717) is 11.1 Å². The third kappa shape index (κ3) is 2.62. The predicted molar refractivity (Wildman–Crippen MR) is 79.3 cm³/mol. The summed E-state index contributed by atoms with van der Waals surface area (Å²) in [4.78, 5) is 34.5. The Hall–Kier alpha value is -3.28. The third-order valence-electron chi connectivity index (χ3n) is 2.99. The molecule has 0 aliphatic carbocycles. The first-order valence-corrected chi connectivity index (χ1v) is 6.36. The van der Waals surface area contributed by atoms with Crippen molar-refractivity contribution in [3.63, 3.8) is 0 Å². The lowest BCUT2D eigenvalue weighted by molar-refractivity contribution is 0.0730. The van der Waals surface area contributed by atoms with E-state index in [4.69, 9.17) is 9.15 Å². The Morgan fingerprint density at radius 2 is 1.82 bits per heavy atom. The minimum Gasteiger partial charge on any atom is -0.423 e. The molecule has 0 N–H and O–H groups in total. The second-order valence-electron chi connectivity index (χ2n) is 4.46. The Balaban J connectivity index is 2.02. The molecule has 6 nitrogen and oxygen atoms in total. The van der Waals surface area contributed by atoms with Crippen molar-refractivity contribution < 1.29 is 13.9 Å². The number of carbonyl (C=O) groups is 1. The summed E-state index contributed by atoms with van der Waals surface area (Å²) < 4.78 is 10.2. The van der Waals surface area contributed by atoms with E-state index in [1.807, 2.05) is 0 Å². The molecule has 0 unspecified atom stereocenters. The van der Waals surface area contributed by atoms with E-state index in [1.165, 1.54) is 24.3 Å². The van der Waals surface area contributed by atoms with Gasteiger partial charge in [-0.25, -0.2) is 9.59 Å². The number of para-hydroxylation sites is 1. The minimum absolute atomic E-state index is 0.170. The zero-order chi connectivity index (χ0) is 15.5. The van der Waals surface area contributed by atoms with Crippen LogP contribution in [0, 0.1) is 4.91 Å². The van der Waals surface area contributed by atoms with Crippen LogP contribution in [0.5, 0.6) is 5.75 Å². The molecule has 3 rings (SSSR count). The molecule has 22 heavy (non-hydrogen) atoms. The van der Waals surface area contributed by atoms with Crippen LogP contribution in [0.15, 0.2) is 69.0 Å². The van der Waals surface area contributed by atoms with Crippen LogP contribution in [0.25, 0.3) is 11.0 Å². The van der Waals surface area contributed by atoms with Crippen LogP contribution in [0.3, 0.4) is 0 Å². The molecule has 0 radical (unpaired) electrons. The highest BCUT2D eigenvalue weighted by Gasteiger charge is 2.16. The summed E-state index contributed by atoms with van der Waals surface area (Å²) in [5, 5.41) is 3.21. The summed E-state index contributed by atoms with van der Waals surface area (Å²) in [6.07, 6.45) is 0. The lowest BCUT2D eigenvalue weighted by atomic mass is 10.1. The van der Waals surface area contributed by atoms with E-state index < -0.39 is 11.6 Å². The van der Waals surface area contributed by atoms with E-state index >= 15 is 0 Å². The van der Waals surface area contributed by atoms with Crippen LogP contribution in [0.4, 0.5) is 5.69 Å². The predicted octanol–water partition coefficient (Wildman–Crippen LogP) is 3.41. The molecule has 0 aliphatic heterocycles. The van der Waals surface area contributed by atoms with Gasteiger partial charge in [0.15, 0.2) is 0 Å². The van der Waals surface area contributed by atoms with Crippen LogP contribution in [0.2, 0.25) is 0 Å². The molecule has 6 heteroatoms. The van der Waals surface area contributed by atoms with Crippen molar-refractivity contribution in [2.45, 2.75) is 0 Å². The van der Waals surface area contributed by atoms with Gasteiger partial charge in [-0.1, -0.05) is 18.2 Å². The lowest BCUT2D eigenvalue weighted by Crippen LogP contribution is -2.18. The van der Waals surface area contributed by atoms with E-state index in [2.05, 4.69) is 5.18 Å². The van der Waals surface area contributed by atoms with E-state index in [0.717, 1.165) is 0 Å². The molecule has 1 aromatic heterocycles. The van der Waals surface area contributed by atoms with Crippen molar-refractivity contribution in [2.75, 3.05) is 0 Å². The maximum atomic E-state index is 12.1. The molecule has 0 aliphatic rings. The van der Waals surface area contributed by atoms with Crippen molar-refractivity contribution in [1.29, 1.82) is 0 Å². The molecule has 1 heterocycles. The van der Waals surface area contributed by atoms with Crippen molar-refractivity contribution in [1.82, 2.24) is 0 Å². The monoisotopic (exact) mass is 295 g/mol. The molecule has 0 bridgehead atoms. The van der Waals surface area contributed by atoms with Gasteiger partial charge in [0.1, 0.15) is 22.6 Å². The first-order valence-electron chi connectivity index (χ1n) is 6.36. The van der Waals surface area contributed by atoms with E-state index in [1.54, 1.807) is 30.3 Å². The van der Waals surface area contributed by atoms with Crippen LogP contribution in [-0.2, 0) is 0 Å². The number of ether oxygens (including phenoxy) is 1. The van der Waals surface area contributed by atoms with Crippen LogP contribution < -0.4 is 10.4 Å². The molecule has 0 fully saturated rings. The van der Waals surface area contributed by atoms with Crippen molar-refractivity contribution >= 4 is 22.6 Å². The fourth-order valence-electron chi connectivity index (χ4n) is 1.96. The first kappa shape index (κ1) is 13.7. The normalized spacial score (nSPS) is 10.4. The minimum atomic E-state index is -0.827. The largest absolute Gasteiger partial charge is 0.423 e. The first-order chi connectivity index (χ1) is 10.7. The van der Waals surface area contributed by atoms with Gasteiger partial charge >= 0.3 is 11.6 Å². The summed E-state index contributed by atoms with van der Waals surface area (Å²) in [7, 11) is 0. The number of nitroso groups, excluding NO2 is 1. The van der Waals surface area contributed by atoms with Gasteiger partial charge in [-0.15, -0.1) is 4.91 Å². The zero-order valence-corrected chi connectivity index (χ0v) is 11.2. The zero-order valence-electron chi connectivity index (χ0n) is 11.2. The van der Waals surface area contributed by atoms with Gasteiger partial charge in [-0.3, -0.25) is 0 Å². The van der Waals surface area contributed by atoms with Crippen molar-refractivity contribution in [3.05, 3.63) is 75.5 Å². The molecule has 3 aromatic rings. The molecule has 2 aromatic carbocycles. The Labute approximate surface area is 123 Å². The number of hydrogen-bond donors (Lipinski definition) is 0. The molecule has 108 valence electrons. The second-order valence-corrected chi connectivity index (χ2v) is 4.46. The molecular weight excluding hydrogens is 286 g/mol. The van der Waals surface area contributed by atoms with E-state index in [9.17, 15) is 14.5 Å². The SMILES string of the molecule is O=Nc1ccc2oc(=O)c(C(=O)Oc3ccccc3)cc2c1. The van der Waals surface area contributed by atoms with Crippen LogP contribution in [0.1, 0.15) is 10.4 Å². The lowest BCUT2D eigenvalue weighted by Gasteiger charge is -2.04. The standard InChI is InChI=1S/C16H9NO5/c18-15(21-12-4-2-1-3-5-12)13-9-10-8-11(17-20)6-7-14(10)22-16(13)19/h1-9H. The van der Waals surface area contributed by atoms with Crippen molar-refractivity contribution in [3.8, 4) is 5.75 Å². The average molecular weight is 295 g/mol. The number of esters is 1. The van der Waals surface area contributed by atoms with E-state index in [-0.39, 0.29) is 16.8 Å². The third-order valence-corrected chi connectivity index (χ3v) is 2.99. The topological polar surface area (TPSA) is 85.9 Å². The number of carbonyl (C=O) groups excluding carboxylic acids is 1. The maximum absolute atomic E-state index is 12.1. The number of fused-ring (bicyclic) bond motifs is 1. The van der Waals surface area contributed by atoms with Gasteiger partial charge in [-0.2, -0.15) is 0 Å². The number of hydrogen-bond acceptors (Lipinski definition) is 6. The van der Waals surface area contributed by atoms with Gasteiger partial charge in [0.25, 0.3) is 0 Å². The van der Waals surface area contributed by atoms with Gasteiger partial charge in [0.05, 0.1) is 0 Å². The summed E-state index contributed by atoms with van der Waals surface area (Å²) in [6.45, 7) is 0. The molecule has 0 amide bonds. The molecule has 0 spiro atoms. The smallest absolute Gasteiger partial charge is 0.351 e. The molecular formula is C16H9NO5. The molecule has 0 saturated carbocycles. The summed E-state index contributed by atoms with van der Waals surface area (Å²) in [5.41, 5.74) is -0.628. The second kappa shape index (κ2) is 5.61. The summed E-state index contributed by atoms with van der Waals surface area (Å²) in [6, 6.07) is 14.0. The van der Waals surface area contributed by atoms with Gasteiger partial charge in [-0.05, 0) is 41.6 Å². The Morgan fingerprint density at radius 3 is 2.55 bits per heavy atom. The number of benzene rings is 2.